The van der Waals surface area contributed by atoms with Gasteiger partial charge in [0.2, 0.25) is 11.8 Å². The maximum atomic E-state index is 12.3. The van der Waals surface area contributed by atoms with Gasteiger partial charge in [-0.05, 0) is 24.3 Å². The summed E-state index contributed by atoms with van der Waals surface area (Å²) in [6.07, 6.45) is 1.29. The summed E-state index contributed by atoms with van der Waals surface area (Å²) in [5, 5.41) is 14.2. The van der Waals surface area contributed by atoms with Gasteiger partial charge in [-0.2, -0.15) is 0 Å². The van der Waals surface area contributed by atoms with E-state index in [0.29, 0.717) is 6.42 Å². The Morgan fingerprint density at radius 3 is 2.21 bits per heavy atom. The van der Waals surface area contributed by atoms with E-state index >= 15 is 0 Å². The van der Waals surface area contributed by atoms with Gasteiger partial charge >= 0.3 is 5.97 Å². The molecule has 1 aromatic rings. The molecule has 2 amide bonds. The lowest BCUT2D eigenvalue weighted by Gasteiger charge is -2.15. The van der Waals surface area contributed by atoms with Crippen LogP contribution in [-0.2, 0) is 24.2 Å². The molecule has 1 rings (SSSR count). The predicted molar refractivity (Wildman–Crippen MR) is 110 cm³/mol. The van der Waals surface area contributed by atoms with Gasteiger partial charge in [0.25, 0.3) is 0 Å². The third-order valence-corrected chi connectivity index (χ3v) is 6.04. The third kappa shape index (κ3) is 11.2. The van der Waals surface area contributed by atoms with Crippen molar-refractivity contribution in [2.24, 2.45) is 0 Å². The summed E-state index contributed by atoms with van der Waals surface area (Å²) < 4.78 is 24.5. The van der Waals surface area contributed by atoms with Gasteiger partial charge < -0.3 is 15.7 Å². The van der Waals surface area contributed by atoms with E-state index in [9.17, 15) is 22.8 Å². The molecule has 29 heavy (non-hydrogen) atoms. The van der Waals surface area contributed by atoms with Crippen LogP contribution in [0.2, 0.25) is 0 Å². The van der Waals surface area contributed by atoms with Crippen LogP contribution in [0.25, 0.3) is 0 Å². The maximum absolute atomic E-state index is 12.3. The number of rotatable bonds is 14. The normalized spacial score (nSPS) is 12.2. The molecule has 0 aliphatic rings. The van der Waals surface area contributed by atoms with Gasteiger partial charge in [0, 0.05) is 25.9 Å². The molecule has 0 radical (unpaired) electrons. The van der Waals surface area contributed by atoms with Crippen LogP contribution in [-0.4, -0.2) is 55.9 Å². The Hall–Kier alpha value is -2.42. The van der Waals surface area contributed by atoms with Crippen LogP contribution in [0.15, 0.2) is 30.3 Å². The van der Waals surface area contributed by atoms with Gasteiger partial charge in [-0.25, -0.2) is 8.42 Å². The molecule has 1 atom stereocenters. The van der Waals surface area contributed by atoms with Gasteiger partial charge in [-0.15, -0.1) is 0 Å². The lowest BCUT2D eigenvalue weighted by molar-refractivity contribution is -0.137. The quantitative estimate of drug-likeness (QED) is 0.413. The van der Waals surface area contributed by atoms with E-state index in [1.165, 1.54) is 0 Å². The summed E-state index contributed by atoms with van der Waals surface area (Å²) in [5.41, 5.74) is 0.795. The smallest absolute Gasteiger partial charge is 0.303 e. The Morgan fingerprint density at radius 1 is 0.966 bits per heavy atom. The fraction of sp³-hybridized carbons (Fsp3) is 0.550. The number of benzene rings is 1. The van der Waals surface area contributed by atoms with Crippen molar-refractivity contribution in [1.29, 1.82) is 0 Å². The summed E-state index contributed by atoms with van der Waals surface area (Å²) >= 11 is 0. The number of sulfone groups is 1. The Bertz CT molecular complexity index is 764. The summed E-state index contributed by atoms with van der Waals surface area (Å²) in [4.78, 5) is 34.1. The molecule has 0 aromatic heterocycles. The van der Waals surface area contributed by atoms with Crippen molar-refractivity contribution < 1.29 is 27.9 Å². The van der Waals surface area contributed by atoms with Crippen molar-refractivity contribution in [3.05, 3.63) is 35.9 Å². The highest BCUT2D eigenvalue weighted by atomic mass is 32.2. The molecule has 0 aliphatic heterocycles. The molecular formula is C20H30N2O6S. The lowest BCUT2D eigenvalue weighted by Crippen LogP contribution is -2.33. The molecule has 9 heteroatoms. The molecule has 0 saturated carbocycles. The van der Waals surface area contributed by atoms with E-state index in [2.05, 4.69) is 10.6 Å². The number of hydrogen-bond acceptors (Lipinski definition) is 5. The number of amides is 2. The van der Waals surface area contributed by atoms with Gasteiger partial charge in [0.1, 0.15) is 0 Å². The largest absolute Gasteiger partial charge is 0.481 e. The summed E-state index contributed by atoms with van der Waals surface area (Å²) in [7, 11) is -3.43. The Labute approximate surface area is 172 Å². The van der Waals surface area contributed by atoms with E-state index in [-0.39, 0.29) is 61.6 Å². The number of nitrogens with one attached hydrogen (secondary N) is 2. The fourth-order valence-electron chi connectivity index (χ4n) is 2.81. The summed E-state index contributed by atoms with van der Waals surface area (Å²) in [6.45, 7) is 2.08. The number of carboxylic acid groups (broad SMARTS) is 1. The molecule has 0 saturated heterocycles. The molecule has 0 bridgehead atoms. The van der Waals surface area contributed by atoms with Gasteiger partial charge in [-0.1, -0.05) is 37.3 Å². The minimum atomic E-state index is -3.43. The predicted octanol–water partition coefficient (Wildman–Crippen LogP) is 1.47. The highest BCUT2D eigenvalue weighted by molar-refractivity contribution is 7.91. The molecule has 0 spiro atoms. The Morgan fingerprint density at radius 2 is 1.59 bits per heavy atom. The zero-order valence-electron chi connectivity index (χ0n) is 16.7. The second-order valence-electron chi connectivity index (χ2n) is 6.85. The van der Waals surface area contributed by atoms with Crippen LogP contribution in [0.5, 0.6) is 0 Å². The number of hydrogen-bond donors (Lipinski definition) is 3. The highest BCUT2D eigenvalue weighted by Gasteiger charge is 2.20. The van der Waals surface area contributed by atoms with Crippen LogP contribution in [0.3, 0.4) is 0 Å². The van der Waals surface area contributed by atoms with Crippen molar-refractivity contribution in [3.8, 4) is 0 Å². The monoisotopic (exact) mass is 426 g/mol. The lowest BCUT2D eigenvalue weighted by atomic mass is 9.93. The van der Waals surface area contributed by atoms with Crippen LogP contribution < -0.4 is 10.6 Å². The first kappa shape index (κ1) is 24.6. The fourth-order valence-corrected chi connectivity index (χ4v) is 4.07. The second kappa shape index (κ2) is 12.9. The van der Waals surface area contributed by atoms with Gasteiger partial charge in [0.05, 0.1) is 17.9 Å². The van der Waals surface area contributed by atoms with Crippen molar-refractivity contribution in [3.63, 3.8) is 0 Å². The molecule has 1 unspecified atom stereocenters. The van der Waals surface area contributed by atoms with Crippen molar-refractivity contribution in [1.82, 2.24) is 10.6 Å². The average Bonchev–Trinajstić information content (AvgIpc) is 2.65. The average molecular weight is 427 g/mol. The van der Waals surface area contributed by atoms with Gasteiger partial charge in [-0.3, -0.25) is 14.4 Å². The number of carboxylic acids is 1. The SMILES string of the molecule is CCCC(=O)NCCC(=O)NCCS(=O)(=O)CCC(CC(=O)O)c1ccccc1. The van der Waals surface area contributed by atoms with E-state index < -0.39 is 15.8 Å². The third-order valence-electron chi connectivity index (χ3n) is 4.36. The first-order valence-electron chi connectivity index (χ1n) is 9.74. The molecule has 0 heterocycles. The van der Waals surface area contributed by atoms with E-state index in [0.717, 1.165) is 12.0 Å². The first-order chi connectivity index (χ1) is 13.7. The molecule has 1 aromatic carbocycles. The maximum Gasteiger partial charge on any atom is 0.303 e. The molecule has 3 N–H and O–H groups in total. The minimum Gasteiger partial charge on any atom is -0.481 e. The summed E-state index contributed by atoms with van der Waals surface area (Å²) in [6, 6.07) is 8.98. The zero-order valence-corrected chi connectivity index (χ0v) is 17.5. The van der Waals surface area contributed by atoms with E-state index in [1.807, 2.05) is 13.0 Å². The number of carbonyl (C=O) groups excluding carboxylic acids is 2. The standard InChI is InChI=1S/C20H30N2O6S/c1-2-6-18(23)21-11-9-19(24)22-12-14-29(27,28)13-10-17(15-20(25)26)16-7-4-3-5-8-16/h3-5,7-8,17H,2,6,9-15H2,1H3,(H,21,23)(H,22,24)(H,25,26). The van der Waals surface area contributed by atoms with Crippen LogP contribution in [0.1, 0.15) is 50.5 Å². The molecular weight excluding hydrogens is 396 g/mol. The van der Waals surface area contributed by atoms with Crippen LogP contribution in [0, 0.1) is 0 Å². The highest BCUT2D eigenvalue weighted by Crippen LogP contribution is 2.24. The molecule has 0 aliphatic carbocycles. The number of carbonyl (C=O) groups is 3. The van der Waals surface area contributed by atoms with Gasteiger partial charge in [0.15, 0.2) is 9.84 Å². The first-order valence-corrected chi connectivity index (χ1v) is 11.6. The van der Waals surface area contributed by atoms with Crippen molar-refractivity contribution in [2.45, 2.75) is 44.9 Å². The van der Waals surface area contributed by atoms with Crippen molar-refractivity contribution >= 4 is 27.6 Å². The minimum absolute atomic E-state index is 0.0149. The molecule has 8 nitrogen and oxygen atoms in total. The van der Waals surface area contributed by atoms with Crippen LogP contribution >= 0.6 is 0 Å². The Balaban J connectivity index is 2.39. The topological polar surface area (TPSA) is 130 Å². The molecule has 0 fully saturated rings. The molecule has 162 valence electrons. The van der Waals surface area contributed by atoms with E-state index in [1.54, 1.807) is 24.3 Å². The van der Waals surface area contributed by atoms with Crippen molar-refractivity contribution in [2.75, 3.05) is 24.6 Å². The number of aliphatic carboxylic acids is 1. The Kier molecular flexibility index (Phi) is 11.0. The zero-order chi connectivity index (χ0) is 21.7. The second-order valence-corrected chi connectivity index (χ2v) is 9.15. The van der Waals surface area contributed by atoms with Crippen LogP contribution in [0.4, 0.5) is 0 Å². The summed E-state index contributed by atoms with van der Waals surface area (Å²) in [5.74, 6) is -2.17. The van der Waals surface area contributed by atoms with E-state index in [4.69, 9.17) is 5.11 Å².